The van der Waals surface area contributed by atoms with Crippen molar-refractivity contribution in [3.8, 4) is 23.1 Å². The van der Waals surface area contributed by atoms with Crippen LogP contribution in [0.2, 0.25) is 0 Å². The van der Waals surface area contributed by atoms with E-state index in [2.05, 4.69) is 26.7 Å². The molecule has 1 N–H and O–H groups in total. The van der Waals surface area contributed by atoms with E-state index < -0.39 is 5.60 Å². The molecule has 1 atom stereocenters. The fourth-order valence-corrected chi connectivity index (χ4v) is 3.75. The summed E-state index contributed by atoms with van der Waals surface area (Å²) in [5.74, 6) is 6.26. The van der Waals surface area contributed by atoms with Gasteiger partial charge in [-0.2, -0.15) is 0 Å². The summed E-state index contributed by atoms with van der Waals surface area (Å²) < 4.78 is 0. The first kappa shape index (κ1) is 18.5. The summed E-state index contributed by atoms with van der Waals surface area (Å²) >= 11 is 0. The number of amides is 1. The number of rotatable bonds is 2. The summed E-state index contributed by atoms with van der Waals surface area (Å²) in [5.41, 5.74) is 2.44. The van der Waals surface area contributed by atoms with E-state index in [0.717, 1.165) is 53.2 Å². The molecule has 2 aliphatic heterocycles. The van der Waals surface area contributed by atoms with Crippen LogP contribution in [-0.2, 0) is 4.79 Å². The molecular weight excluding hydrogens is 378 g/mol. The number of aliphatic hydroxyl groups is 1. The van der Waals surface area contributed by atoms with E-state index in [1.165, 1.54) is 4.90 Å². The molecule has 2 saturated heterocycles. The lowest BCUT2D eigenvalue weighted by atomic mass is 10.0. The fourth-order valence-electron chi connectivity index (χ4n) is 3.75. The molecule has 2 aliphatic rings. The van der Waals surface area contributed by atoms with E-state index in [9.17, 15) is 9.90 Å². The number of fused-ring (bicyclic) bond motifs is 1. The van der Waals surface area contributed by atoms with Crippen molar-refractivity contribution in [3.63, 3.8) is 0 Å². The van der Waals surface area contributed by atoms with Crippen LogP contribution in [0.3, 0.4) is 0 Å². The summed E-state index contributed by atoms with van der Waals surface area (Å²) in [6.45, 7) is 2.48. The van der Waals surface area contributed by atoms with E-state index in [1.807, 2.05) is 36.4 Å². The summed E-state index contributed by atoms with van der Waals surface area (Å²) in [5, 5.41) is 10.5. The van der Waals surface area contributed by atoms with Crippen LogP contribution >= 0.6 is 0 Å². The second kappa shape index (κ2) is 7.08. The molecule has 0 aliphatic carbocycles. The molecular formula is C23H21N5O2. The zero-order valence-corrected chi connectivity index (χ0v) is 16.7. The molecule has 0 radical (unpaired) electrons. The average Bonchev–Trinajstić information content (AvgIpc) is 2.99. The molecule has 7 nitrogen and oxygen atoms in total. The third-order valence-electron chi connectivity index (χ3n) is 5.70. The van der Waals surface area contributed by atoms with Crippen LogP contribution < -0.4 is 4.90 Å². The van der Waals surface area contributed by atoms with Crippen molar-refractivity contribution in [2.45, 2.75) is 18.4 Å². The summed E-state index contributed by atoms with van der Waals surface area (Å²) in [6, 6.07) is 11.5. The third-order valence-corrected chi connectivity index (χ3v) is 5.70. The Hall–Kier alpha value is -3.50. The van der Waals surface area contributed by atoms with E-state index in [4.69, 9.17) is 4.98 Å². The molecule has 1 unspecified atom stereocenters. The lowest BCUT2D eigenvalue weighted by molar-refractivity contribution is -0.137. The second-order valence-corrected chi connectivity index (χ2v) is 7.77. The molecule has 150 valence electrons. The number of carbonyl (C=O) groups excluding carboxylic acids is 1. The largest absolute Gasteiger partial charge is 0.369 e. The number of likely N-dealkylation sites (tertiary alicyclic amines) is 1. The monoisotopic (exact) mass is 399 g/mol. The molecule has 0 bridgehead atoms. The van der Waals surface area contributed by atoms with Crippen LogP contribution in [0.5, 0.6) is 0 Å². The number of likely N-dealkylation sites (N-methyl/N-ethyl adjacent to an activating group) is 1. The Balaban J connectivity index is 1.50. The average molecular weight is 399 g/mol. The Morgan fingerprint density at radius 3 is 2.73 bits per heavy atom. The fraction of sp³-hybridized carbons (Fsp3) is 0.304. The van der Waals surface area contributed by atoms with Gasteiger partial charge in [-0.05, 0) is 30.7 Å². The number of carbonyl (C=O) groups is 1. The van der Waals surface area contributed by atoms with E-state index in [0.29, 0.717) is 13.0 Å². The van der Waals surface area contributed by atoms with Gasteiger partial charge in [-0.1, -0.05) is 24.0 Å². The van der Waals surface area contributed by atoms with Gasteiger partial charge in [-0.3, -0.25) is 4.79 Å². The zero-order chi connectivity index (χ0) is 20.7. The van der Waals surface area contributed by atoms with Crippen LogP contribution in [0.4, 0.5) is 5.82 Å². The highest BCUT2D eigenvalue weighted by atomic mass is 16.3. The predicted octanol–water partition coefficient (Wildman–Crippen LogP) is 1.85. The molecule has 2 fully saturated rings. The van der Waals surface area contributed by atoms with Gasteiger partial charge in [0.2, 0.25) is 5.60 Å². The van der Waals surface area contributed by atoms with Crippen LogP contribution in [0.15, 0.2) is 42.7 Å². The van der Waals surface area contributed by atoms with Crippen LogP contribution in [0.1, 0.15) is 18.4 Å². The number of nitrogens with zero attached hydrogens (tertiary/aromatic N) is 5. The van der Waals surface area contributed by atoms with Crippen molar-refractivity contribution in [1.29, 1.82) is 0 Å². The standard InChI is InChI=1S/C23H21N5O2/c1-27-13-10-23(30,22(27)29)9-8-16-4-2-5-17(14-16)18-6-7-19-20(26-18)21(25-15-24-19)28-11-3-12-28/h2,4-7,14-15,30H,3,10-13H2,1H3. The van der Waals surface area contributed by atoms with Gasteiger partial charge in [0.15, 0.2) is 5.82 Å². The number of pyridine rings is 1. The smallest absolute Gasteiger partial charge is 0.267 e. The summed E-state index contributed by atoms with van der Waals surface area (Å²) in [4.78, 5) is 29.5. The first-order chi connectivity index (χ1) is 14.5. The first-order valence-electron chi connectivity index (χ1n) is 10.0. The highest BCUT2D eigenvalue weighted by molar-refractivity contribution is 5.90. The minimum atomic E-state index is -1.60. The summed E-state index contributed by atoms with van der Waals surface area (Å²) in [7, 11) is 1.67. The van der Waals surface area contributed by atoms with Gasteiger partial charge in [-0.25, -0.2) is 15.0 Å². The minimum Gasteiger partial charge on any atom is -0.369 e. The number of hydrogen-bond acceptors (Lipinski definition) is 6. The number of benzene rings is 1. The molecule has 1 aromatic carbocycles. The molecule has 2 aromatic heterocycles. The molecule has 4 heterocycles. The highest BCUT2D eigenvalue weighted by Gasteiger charge is 2.42. The van der Waals surface area contributed by atoms with E-state index >= 15 is 0 Å². The van der Waals surface area contributed by atoms with Crippen LogP contribution in [0.25, 0.3) is 22.3 Å². The van der Waals surface area contributed by atoms with Crippen molar-refractivity contribution in [2.75, 3.05) is 31.6 Å². The Bertz CT molecular complexity index is 1210. The highest BCUT2D eigenvalue weighted by Crippen LogP contribution is 2.28. The molecule has 5 rings (SSSR count). The minimum absolute atomic E-state index is 0.320. The zero-order valence-electron chi connectivity index (χ0n) is 16.7. The Labute approximate surface area is 174 Å². The number of anilines is 1. The van der Waals surface area contributed by atoms with Crippen molar-refractivity contribution in [1.82, 2.24) is 19.9 Å². The molecule has 1 amide bonds. The quantitative estimate of drug-likeness (QED) is 0.663. The maximum Gasteiger partial charge on any atom is 0.267 e. The molecule has 3 aromatic rings. The van der Waals surface area contributed by atoms with E-state index in [1.54, 1.807) is 13.4 Å². The van der Waals surface area contributed by atoms with Crippen LogP contribution in [-0.4, -0.2) is 63.1 Å². The molecule has 0 saturated carbocycles. The molecule has 30 heavy (non-hydrogen) atoms. The first-order valence-corrected chi connectivity index (χ1v) is 10.0. The lowest BCUT2D eigenvalue weighted by Crippen LogP contribution is -2.37. The van der Waals surface area contributed by atoms with Gasteiger partial charge in [0.1, 0.15) is 11.8 Å². The topological polar surface area (TPSA) is 82.4 Å². The second-order valence-electron chi connectivity index (χ2n) is 7.77. The maximum atomic E-state index is 12.1. The molecule has 0 spiro atoms. The van der Waals surface area contributed by atoms with Gasteiger partial charge in [-0.15, -0.1) is 0 Å². The maximum absolute atomic E-state index is 12.1. The Morgan fingerprint density at radius 1 is 1.13 bits per heavy atom. The van der Waals surface area contributed by atoms with Gasteiger partial charge < -0.3 is 14.9 Å². The van der Waals surface area contributed by atoms with Gasteiger partial charge >= 0.3 is 0 Å². The normalized spacial score (nSPS) is 20.8. The van der Waals surface area contributed by atoms with Crippen molar-refractivity contribution < 1.29 is 9.90 Å². The van der Waals surface area contributed by atoms with Gasteiger partial charge in [0.25, 0.3) is 5.91 Å². The SMILES string of the molecule is CN1CCC(O)(C#Cc2cccc(-c3ccc4ncnc(N5CCC5)c4n3)c2)C1=O. The van der Waals surface area contributed by atoms with E-state index in [-0.39, 0.29) is 5.91 Å². The van der Waals surface area contributed by atoms with Crippen molar-refractivity contribution >= 4 is 22.8 Å². The van der Waals surface area contributed by atoms with Gasteiger partial charge in [0, 0.05) is 44.2 Å². The lowest BCUT2D eigenvalue weighted by Gasteiger charge is -2.32. The summed E-state index contributed by atoms with van der Waals surface area (Å²) in [6.07, 6.45) is 3.07. The third kappa shape index (κ3) is 3.15. The number of aromatic nitrogens is 3. The van der Waals surface area contributed by atoms with Crippen molar-refractivity contribution in [2.24, 2.45) is 0 Å². The number of hydrogen-bond donors (Lipinski definition) is 1. The predicted molar refractivity (Wildman–Crippen MR) is 114 cm³/mol. The Kier molecular flexibility index (Phi) is 4.37. The van der Waals surface area contributed by atoms with Crippen LogP contribution in [0, 0.1) is 11.8 Å². The van der Waals surface area contributed by atoms with Crippen molar-refractivity contribution in [3.05, 3.63) is 48.3 Å². The Morgan fingerprint density at radius 2 is 2.00 bits per heavy atom. The molecule has 7 heteroatoms. The van der Waals surface area contributed by atoms with Gasteiger partial charge in [0.05, 0.1) is 11.2 Å².